The Hall–Kier alpha value is -2.73. The molecule has 0 saturated carbocycles. The molecule has 0 aliphatic rings. The molecular weight excluding hydrogens is 318 g/mol. The number of pyridine rings is 1. The van der Waals surface area contributed by atoms with Gasteiger partial charge in [0.2, 0.25) is 0 Å². The highest BCUT2D eigenvalue weighted by molar-refractivity contribution is 6.05. The zero-order chi connectivity index (χ0) is 18.2. The molecule has 0 aliphatic carbocycles. The van der Waals surface area contributed by atoms with Gasteiger partial charge in [0.25, 0.3) is 11.8 Å². The van der Waals surface area contributed by atoms with Crippen molar-refractivity contribution in [3.8, 4) is 0 Å². The quantitative estimate of drug-likeness (QED) is 0.759. The Morgan fingerprint density at radius 1 is 1.08 bits per heavy atom. The minimum atomic E-state index is -0.308. The predicted molar refractivity (Wildman–Crippen MR) is 96.9 cm³/mol. The minimum Gasteiger partial charge on any atom is -0.385 e. The van der Waals surface area contributed by atoms with Gasteiger partial charge in [0.15, 0.2) is 0 Å². The first-order valence-electron chi connectivity index (χ1n) is 8.13. The van der Waals surface area contributed by atoms with Crippen LogP contribution in [0.1, 0.15) is 38.4 Å². The van der Waals surface area contributed by atoms with E-state index >= 15 is 0 Å². The number of hydrogen-bond donors (Lipinski definition) is 2. The Balaban J connectivity index is 2.03. The van der Waals surface area contributed by atoms with E-state index in [1.807, 2.05) is 32.0 Å². The first kappa shape index (κ1) is 18.6. The number of aromatic nitrogens is 1. The summed E-state index contributed by atoms with van der Waals surface area (Å²) in [6, 6.07) is 8.79. The first-order chi connectivity index (χ1) is 12.0. The Labute approximate surface area is 147 Å². The van der Waals surface area contributed by atoms with Crippen LogP contribution in [-0.2, 0) is 4.74 Å². The monoisotopic (exact) mass is 341 g/mol. The second-order valence-electron chi connectivity index (χ2n) is 5.79. The molecule has 6 heteroatoms. The van der Waals surface area contributed by atoms with Gasteiger partial charge in [-0.1, -0.05) is 6.07 Å². The van der Waals surface area contributed by atoms with E-state index in [0.717, 1.165) is 23.2 Å². The molecule has 1 aromatic carbocycles. The maximum Gasteiger partial charge on any atom is 0.269 e. The van der Waals surface area contributed by atoms with E-state index in [0.29, 0.717) is 18.7 Å². The van der Waals surface area contributed by atoms with Crippen LogP contribution in [0.15, 0.2) is 36.5 Å². The highest BCUT2D eigenvalue weighted by atomic mass is 16.5. The average molecular weight is 341 g/mol. The molecule has 0 aliphatic heterocycles. The van der Waals surface area contributed by atoms with Gasteiger partial charge in [-0.3, -0.25) is 14.6 Å². The molecule has 1 heterocycles. The smallest absolute Gasteiger partial charge is 0.269 e. The highest BCUT2D eigenvalue weighted by Gasteiger charge is 2.12. The molecule has 2 aromatic rings. The second-order valence-corrected chi connectivity index (χ2v) is 5.79. The van der Waals surface area contributed by atoms with Gasteiger partial charge >= 0.3 is 0 Å². The summed E-state index contributed by atoms with van der Waals surface area (Å²) in [6.07, 6.45) is 2.18. The molecule has 0 unspecified atom stereocenters. The summed E-state index contributed by atoms with van der Waals surface area (Å²) < 4.78 is 4.93. The molecule has 25 heavy (non-hydrogen) atoms. The molecule has 2 amide bonds. The molecule has 132 valence electrons. The topological polar surface area (TPSA) is 80.3 Å². The van der Waals surface area contributed by atoms with E-state index in [2.05, 4.69) is 15.6 Å². The molecule has 0 saturated heterocycles. The van der Waals surface area contributed by atoms with Gasteiger partial charge in [-0.15, -0.1) is 0 Å². The van der Waals surface area contributed by atoms with Gasteiger partial charge in [-0.05, 0) is 55.7 Å². The van der Waals surface area contributed by atoms with E-state index in [4.69, 9.17) is 4.74 Å². The summed E-state index contributed by atoms with van der Waals surface area (Å²) >= 11 is 0. The van der Waals surface area contributed by atoms with Crippen molar-refractivity contribution in [2.24, 2.45) is 0 Å². The molecule has 2 rings (SSSR count). The summed E-state index contributed by atoms with van der Waals surface area (Å²) in [7, 11) is 1.61. The van der Waals surface area contributed by atoms with E-state index < -0.39 is 0 Å². The number of carbonyl (C=O) groups is 2. The Kier molecular flexibility index (Phi) is 6.65. The van der Waals surface area contributed by atoms with Crippen LogP contribution >= 0.6 is 0 Å². The summed E-state index contributed by atoms with van der Waals surface area (Å²) in [5.41, 5.74) is 3.58. The number of carbonyl (C=O) groups excluding carboxylic acids is 2. The zero-order valence-electron chi connectivity index (χ0n) is 14.8. The average Bonchev–Trinajstić information content (AvgIpc) is 2.62. The van der Waals surface area contributed by atoms with Gasteiger partial charge in [0, 0.05) is 37.7 Å². The van der Waals surface area contributed by atoms with Crippen LogP contribution in [0.5, 0.6) is 0 Å². The Bertz CT molecular complexity index is 759. The van der Waals surface area contributed by atoms with Crippen LogP contribution in [-0.4, -0.2) is 37.1 Å². The number of benzene rings is 1. The number of nitrogens with one attached hydrogen (secondary N) is 2. The summed E-state index contributed by atoms with van der Waals surface area (Å²) in [5, 5.41) is 5.59. The standard InChI is InChI=1S/C19H23N3O3/c1-13-5-6-16(11-14(13)2)22-18(23)15-7-9-20-17(12-15)19(24)21-8-4-10-25-3/h5-7,9,11-12H,4,8,10H2,1-3H3,(H,21,24)(H,22,23). The van der Waals surface area contributed by atoms with Gasteiger partial charge in [0.1, 0.15) is 5.69 Å². The van der Waals surface area contributed by atoms with E-state index in [9.17, 15) is 9.59 Å². The lowest BCUT2D eigenvalue weighted by Crippen LogP contribution is -2.26. The van der Waals surface area contributed by atoms with Crippen LogP contribution in [0.4, 0.5) is 5.69 Å². The zero-order valence-corrected chi connectivity index (χ0v) is 14.8. The number of anilines is 1. The van der Waals surface area contributed by atoms with Gasteiger partial charge in [0.05, 0.1) is 0 Å². The molecule has 0 spiro atoms. The van der Waals surface area contributed by atoms with Crippen LogP contribution < -0.4 is 10.6 Å². The molecule has 0 atom stereocenters. The number of rotatable bonds is 7. The summed E-state index contributed by atoms with van der Waals surface area (Å²) in [4.78, 5) is 28.5. The molecule has 2 N–H and O–H groups in total. The number of aryl methyl sites for hydroxylation is 2. The van der Waals surface area contributed by atoms with E-state index in [1.54, 1.807) is 13.2 Å². The molecule has 1 aromatic heterocycles. The van der Waals surface area contributed by atoms with Gasteiger partial charge in [-0.2, -0.15) is 0 Å². The van der Waals surface area contributed by atoms with Crippen LogP contribution in [0.3, 0.4) is 0 Å². The van der Waals surface area contributed by atoms with E-state index in [-0.39, 0.29) is 17.5 Å². The lowest BCUT2D eigenvalue weighted by atomic mass is 10.1. The number of amides is 2. The molecule has 0 bridgehead atoms. The van der Waals surface area contributed by atoms with Gasteiger partial charge in [-0.25, -0.2) is 0 Å². The number of ether oxygens (including phenoxy) is 1. The molecule has 6 nitrogen and oxygen atoms in total. The SMILES string of the molecule is COCCCNC(=O)c1cc(C(=O)Nc2ccc(C)c(C)c2)ccn1. The second kappa shape index (κ2) is 8.94. The summed E-state index contributed by atoms with van der Waals surface area (Å²) in [5.74, 6) is -0.587. The maximum absolute atomic E-state index is 12.4. The molecular formula is C19H23N3O3. The minimum absolute atomic E-state index is 0.213. The lowest BCUT2D eigenvalue weighted by molar-refractivity contribution is 0.0943. The predicted octanol–water partition coefficient (Wildman–Crippen LogP) is 2.72. The largest absolute Gasteiger partial charge is 0.385 e. The van der Waals surface area contributed by atoms with Crippen LogP contribution in [0.2, 0.25) is 0 Å². The number of methoxy groups -OCH3 is 1. The Morgan fingerprint density at radius 3 is 2.60 bits per heavy atom. The third-order valence-electron chi connectivity index (χ3n) is 3.83. The van der Waals surface area contributed by atoms with Crippen LogP contribution in [0.25, 0.3) is 0 Å². The fourth-order valence-electron chi connectivity index (χ4n) is 2.23. The maximum atomic E-state index is 12.4. The van der Waals surface area contributed by atoms with Crippen molar-refractivity contribution in [2.45, 2.75) is 20.3 Å². The van der Waals surface area contributed by atoms with E-state index in [1.165, 1.54) is 12.3 Å². The van der Waals surface area contributed by atoms with Crippen molar-refractivity contribution in [3.63, 3.8) is 0 Å². The fraction of sp³-hybridized carbons (Fsp3) is 0.316. The summed E-state index contributed by atoms with van der Waals surface area (Å²) in [6.45, 7) is 5.07. The van der Waals surface area contributed by atoms with Crippen molar-refractivity contribution in [1.29, 1.82) is 0 Å². The lowest BCUT2D eigenvalue weighted by Gasteiger charge is -2.09. The van der Waals surface area contributed by atoms with Crippen molar-refractivity contribution < 1.29 is 14.3 Å². The number of nitrogens with zero attached hydrogens (tertiary/aromatic N) is 1. The van der Waals surface area contributed by atoms with Crippen molar-refractivity contribution in [2.75, 3.05) is 25.6 Å². The number of hydrogen-bond acceptors (Lipinski definition) is 4. The Morgan fingerprint density at radius 2 is 1.88 bits per heavy atom. The normalized spacial score (nSPS) is 10.4. The van der Waals surface area contributed by atoms with Crippen LogP contribution in [0, 0.1) is 13.8 Å². The van der Waals surface area contributed by atoms with Crippen molar-refractivity contribution in [3.05, 3.63) is 58.9 Å². The third-order valence-corrected chi connectivity index (χ3v) is 3.83. The fourth-order valence-corrected chi connectivity index (χ4v) is 2.23. The van der Waals surface area contributed by atoms with Gasteiger partial charge < -0.3 is 15.4 Å². The van der Waals surface area contributed by atoms with Crippen molar-refractivity contribution in [1.82, 2.24) is 10.3 Å². The van der Waals surface area contributed by atoms with Crippen molar-refractivity contribution >= 4 is 17.5 Å². The molecule has 0 fully saturated rings. The molecule has 0 radical (unpaired) electrons. The third kappa shape index (κ3) is 5.39. The highest BCUT2D eigenvalue weighted by Crippen LogP contribution is 2.15. The first-order valence-corrected chi connectivity index (χ1v) is 8.13.